The summed E-state index contributed by atoms with van der Waals surface area (Å²) >= 11 is 0. The predicted molar refractivity (Wildman–Crippen MR) is 127 cm³/mol. The Morgan fingerprint density at radius 2 is 1.23 bits per heavy atom. The lowest BCUT2D eigenvalue weighted by atomic mass is 10.0. The molecule has 0 aromatic carbocycles. The standard InChI is InChI=1S/C26H47NO4/c1-5-6-7-8-9-10-11-12-13-14-15-16-17-18-19-20-21-31-26(3)22(2)23(24(28)27-26)25(29)30-4/h5-21H2,1-4H3,(H,27,28). The zero-order valence-corrected chi connectivity index (χ0v) is 20.7. The molecule has 1 aliphatic rings. The Morgan fingerprint density at radius 3 is 1.65 bits per heavy atom. The van der Waals surface area contributed by atoms with Gasteiger partial charge < -0.3 is 14.8 Å². The van der Waals surface area contributed by atoms with E-state index in [4.69, 9.17) is 9.47 Å². The van der Waals surface area contributed by atoms with E-state index in [0.29, 0.717) is 12.2 Å². The number of carbonyl (C=O) groups is 2. The van der Waals surface area contributed by atoms with Crippen molar-refractivity contribution in [1.29, 1.82) is 0 Å². The monoisotopic (exact) mass is 437 g/mol. The molecule has 0 radical (unpaired) electrons. The number of rotatable bonds is 19. The number of esters is 1. The zero-order valence-electron chi connectivity index (χ0n) is 20.7. The topological polar surface area (TPSA) is 64.6 Å². The number of carbonyl (C=O) groups excluding carboxylic acids is 2. The smallest absolute Gasteiger partial charge is 0.343 e. The van der Waals surface area contributed by atoms with Gasteiger partial charge >= 0.3 is 5.97 Å². The van der Waals surface area contributed by atoms with Crippen molar-refractivity contribution < 1.29 is 19.1 Å². The third-order valence-electron chi connectivity index (χ3n) is 6.45. The van der Waals surface area contributed by atoms with Crippen LogP contribution < -0.4 is 5.32 Å². The number of methoxy groups -OCH3 is 1. The maximum atomic E-state index is 12.0. The first-order valence-corrected chi connectivity index (χ1v) is 12.7. The maximum absolute atomic E-state index is 12.0. The third kappa shape index (κ3) is 10.7. The third-order valence-corrected chi connectivity index (χ3v) is 6.45. The molecule has 0 bridgehead atoms. The van der Waals surface area contributed by atoms with Crippen molar-refractivity contribution in [2.24, 2.45) is 0 Å². The second kappa shape index (κ2) is 16.3. The van der Waals surface area contributed by atoms with Gasteiger partial charge in [0.05, 0.1) is 7.11 Å². The molecule has 31 heavy (non-hydrogen) atoms. The van der Waals surface area contributed by atoms with E-state index in [2.05, 4.69) is 12.2 Å². The van der Waals surface area contributed by atoms with Crippen molar-refractivity contribution >= 4 is 11.9 Å². The highest BCUT2D eigenvalue weighted by Crippen LogP contribution is 2.29. The van der Waals surface area contributed by atoms with Crippen LogP contribution in [0.4, 0.5) is 0 Å². The fourth-order valence-corrected chi connectivity index (χ4v) is 4.20. The first kappa shape index (κ1) is 27.7. The van der Waals surface area contributed by atoms with E-state index in [9.17, 15) is 9.59 Å². The normalized spacial score (nSPS) is 18.5. The molecule has 0 spiro atoms. The number of unbranched alkanes of at least 4 members (excludes halogenated alkanes) is 15. The molecule has 5 heteroatoms. The summed E-state index contributed by atoms with van der Waals surface area (Å²) in [6, 6.07) is 0. The number of hydrogen-bond donors (Lipinski definition) is 1. The van der Waals surface area contributed by atoms with Crippen LogP contribution in [0.1, 0.15) is 124 Å². The molecule has 1 unspecified atom stereocenters. The van der Waals surface area contributed by atoms with Crippen LogP contribution in [0, 0.1) is 0 Å². The second-order valence-electron chi connectivity index (χ2n) is 9.13. The molecule has 1 aliphatic heterocycles. The Hall–Kier alpha value is -1.36. The fraction of sp³-hybridized carbons (Fsp3) is 0.846. The highest BCUT2D eigenvalue weighted by molar-refractivity contribution is 6.19. The Balaban J connectivity index is 1.96. The molecule has 1 N–H and O–H groups in total. The summed E-state index contributed by atoms with van der Waals surface area (Å²) in [4.78, 5) is 23.8. The Labute approximate surface area is 190 Å². The van der Waals surface area contributed by atoms with Gasteiger partial charge in [-0.3, -0.25) is 4.79 Å². The van der Waals surface area contributed by atoms with Crippen LogP contribution in [-0.2, 0) is 19.1 Å². The predicted octanol–water partition coefficient (Wildman–Crippen LogP) is 6.60. The summed E-state index contributed by atoms with van der Waals surface area (Å²) < 4.78 is 10.6. The number of hydrogen-bond acceptors (Lipinski definition) is 4. The minimum absolute atomic E-state index is 0.0666. The lowest BCUT2D eigenvalue weighted by molar-refractivity contribution is -0.138. The summed E-state index contributed by atoms with van der Waals surface area (Å²) in [6.07, 6.45) is 21.3. The second-order valence-corrected chi connectivity index (χ2v) is 9.13. The molecule has 0 aromatic rings. The van der Waals surface area contributed by atoms with Gasteiger partial charge in [0.25, 0.3) is 5.91 Å². The van der Waals surface area contributed by atoms with Gasteiger partial charge in [-0.25, -0.2) is 4.79 Å². The van der Waals surface area contributed by atoms with Gasteiger partial charge in [0.1, 0.15) is 5.57 Å². The molecule has 180 valence electrons. The van der Waals surface area contributed by atoms with Crippen molar-refractivity contribution in [1.82, 2.24) is 5.32 Å². The quantitative estimate of drug-likeness (QED) is 0.140. The Kier molecular flexibility index (Phi) is 14.5. The number of amides is 1. The largest absolute Gasteiger partial charge is 0.465 e. The van der Waals surface area contributed by atoms with Gasteiger partial charge in [-0.1, -0.05) is 103 Å². The number of nitrogens with one attached hydrogen (secondary N) is 1. The van der Waals surface area contributed by atoms with Gasteiger partial charge in [0.15, 0.2) is 5.72 Å². The van der Waals surface area contributed by atoms with E-state index in [-0.39, 0.29) is 5.57 Å². The Bertz CT molecular complexity index is 558. The van der Waals surface area contributed by atoms with Crippen molar-refractivity contribution in [2.75, 3.05) is 13.7 Å². The molecule has 0 aromatic heterocycles. The van der Waals surface area contributed by atoms with Crippen LogP contribution in [0.2, 0.25) is 0 Å². The summed E-state index contributed by atoms with van der Waals surface area (Å²) in [7, 11) is 1.28. The van der Waals surface area contributed by atoms with Crippen LogP contribution in [0.5, 0.6) is 0 Å². The van der Waals surface area contributed by atoms with Crippen LogP contribution >= 0.6 is 0 Å². The van der Waals surface area contributed by atoms with E-state index in [1.54, 1.807) is 13.8 Å². The molecule has 1 atom stereocenters. The molecular weight excluding hydrogens is 390 g/mol. The van der Waals surface area contributed by atoms with E-state index in [1.165, 1.54) is 97.0 Å². The zero-order chi connectivity index (χ0) is 23.0. The molecule has 1 heterocycles. The number of ether oxygens (including phenoxy) is 2. The van der Waals surface area contributed by atoms with Gasteiger partial charge in [-0.2, -0.15) is 0 Å². The van der Waals surface area contributed by atoms with Gasteiger partial charge in [0.2, 0.25) is 0 Å². The van der Waals surface area contributed by atoms with Crippen molar-refractivity contribution in [3.63, 3.8) is 0 Å². The highest BCUT2D eigenvalue weighted by Gasteiger charge is 2.43. The van der Waals surface area contributed by atoms with E-state index in [1.807, 2.05) is 0 Å². The molecule has 0 fully saturated rings. The van der Waals surface area contributed by atoms with Gasteiger partial charge in [-0.05, 0) is 25.8 Å². The van der Waals surface area contributed by atoms with Crippen molar-refractivity contribution in [2.45, 2.75) is 129 Å². The summed E-state index contributed by atoms with van der Waals surface area (Å²) in [5.41, 5.74) is -0.242. The van der Waals surface area contributed by atoms with Crippen LogP contribution in [0.3, 0.4) is 0 Å². The van der Waals surface area contributed by atoms with Crippen LogP contribution in [0.15, 0.2) is 11.1 Å². The average Bonchev–Trinajstić information content (AvgIpc) is 2.98. The minimum atomic E-state index is -0.907. The minimum Gasteiger partial charge on any atom is -0.465 e. The average molecular weight is 438 g/mol. The van der Waals surface area contributed by atoms with Crippen molar-refractivity contribution in [3.8, 4) is 0 Å². The molecule has 1 rings (SSSR count). The SMILES string of the molecule is CCCCCCCCCCCCCCCCCCOC1(C)NC(=O)C(C(=O)OC)=C1C. The van der Waals surface area contributed by atoms with E-state index >= 15 is 0 Å². The first-order valence-electron chi connectivity index (χ1n) is 12.7. The molecule has 0 saturated heterocycles. The van der Waals surface area contributed by atoms with Crippen LogP contribution in [0.25, 0.3) is 0 Å². The van der Waals surface area contributed by atoms with Crippen molar-refractivity contribution in [3.05, 3.63) is 11.1 Å². The molecule has 0 aliphatic carbocycles. The molecular formula is C26H47NO4. The first-order chi connectivity index (χ1) is 15.0. The van der Waals surface area contributed by atoms with E-state index in [0.717, 1.165) is 12.8 Å². The lowest BCUT2D eigenvalue weighted by Crippen LogP contribution is -2.44. The molecule has 1 amide bonds. The van der Waals surface area contributed by atoms with Gasteiger partial charge in [0, 0.05) is 6.61 Å². The highest BCUT2D eigenvalue weighted by atomic mass is 16.5. The lowest BCUT2D eigenvalue weighted by Gasteiger charge is -2.26. The fourth-order valence-electron chi connectivity index (χ4n) is 4.20. The summed E-state index contributed by atoms with van der Waals surface area (Å²) in [5, 5.41) is 2.76. The maximum Gasteiger partial charge on any atom is 0.343 e. The van der Waals surface area contributed by atoms with Gasteiger partial charge in [-0.15, -0.1) is 0 Å². The molecule has 0 saturated carbocycles. The van der Waals surface area contributed by atoms with Crippen LogP contribution in [-0.4, -0.2) is 31.3 Å². The summed E-state index contributed by atoms with van der Waals surface area (Å²) in [5.74, 6) is -1.02. The Morgan fingerprint density at radius 1 is 0.806 bits per heavy atom. The van der Waals surface area contributed by atoms with E-state index < -0.39 is 17.6 Å². The molecule has 5 nitrogen and oxygen atoms in total. The summed E-state index contributed by atoms with van der Waals surface area (Å²) in [6.45, 7) is 6.39.